The van der Waals surface area contributed by atoms with Gasteiger partial charge in [0, 0.05) is 12.5 Å². The number of aliphatic hydroxyl groups excluding tert-OH is 1. The second kappa shape index (κ2) is 3.93. The van der Waals surface area contributed by atoms with Crippen molar-refractivity contribution in [3.05, 3.63) is 41.3 Å². The lowest BCUT2D eigenvalue weighted by Crippen LogP contribution is -2.05. The van der Waals surface area contributed by atoms with Crippen LogP contribution < -0.4 is 0 Å². The van der Waals surface area contributed by atoms with Crippen molar-refractivity contribution in [2.24, 2.45) is 0 Å². The van der Waals surface area contributed by atoms with Gasteiger partial charge in [0.25, 0.3) is 0 Å². The predicted octanol–water partition coefficient (Wildman–Crippen LogP) is 2.52. The van der Waals surface area contributed by atoms with Gasteiger partial charge in [0.2, 0.25) is 0 Å². The van der Waals surface area contributed by atoms with E-state index < -0.39 is 0 Å². The van der Waals surface area contributed by atoms with Crippen LogP contribution in [0.15, 0.2) is 12.1 Å². The van der Waals surface area contributed by atoms with Crippen molar-refractivity contribution < 1.29 is 5.11 Å². The molecule has 1 atom stereocenters. The number of benzene rings is 1. The van der Waals surface area contributed by atoms with Crippen molar-refractivity contribution in [2.45, 2.75) is 26.7 Å². The van der Waals surface area contributed by atoms with Gasteiger partial charge in [-0.3, -0.25) is 0 Å². The Morgan fingerprint density at radius 2 is 1.77 bits per heavy atom. The highest BCUT2D eigenvalue weighted by Crippen LogP contribution is 2.24. The molecule has 1 N–H and O–H groups in total. The first-order valence-electron chi connectivity index (χ1n) is 4.58. The van der Waals surface area contributed by atoms with Crippen LogP contribution in [-0.2, 0) is 0 Å². The number of aryl methyl sites for hydroxylation is 2. The Balaban J connectivity index is 3.25. The predicted molar refractivity (Wildman–Crippen MR) is 55.8 cm³/mol. The summed E-state index contributed by atoms with van der Waals surface area (Å²) in [5.74, 6) is -0.0000926. The van der Waals surface area contributed by atoms with Crippen LogP contribution in [0.3, 0.4) is 0 Å². The number of hydrogen-bond acceptors (Lipinski definition) is 1. The zero-order valence-corrected chi connectivity index (χ0v) is 8.59. The van der Waals surface area contributed by atoms with Gasteiger partial charge in [0.05, 0.1) is 0 Å². The Hall–Kier alpha value is -0.820. The average Bonchev–Trinajstić information content (AvgIpc) is 2.12. The summed E-state index contributed by atoms with van der Waals surface area (Å²) in [4.78, 5) is 0. The normalized spacial score (nSPS) is 13.0. The largest absolute Gasteiger partial charge is 0.396 e. The van der Waals surface area contributed by atoms with E-state index in [-0.39, 0.29) is 12.5 Å². The Labute approximate surface area is 80.4 Å². The minimum Gasteiger partial charge on any atom is -0.396 e. The van der Waals surface area contributed by atoms with Crippen molar-refractivity contribution in [2.75, 3.05) is 6.61 Å². The Morgan fingerprint density at radius 3 is 2.31 bits per heavy atom. The molecule has 0 amide bonds. The topological polar surface area (TPSA) is 20.2 Å². The number of rotatable bonds is 2. The molecule has 1 nitrogen and oxygen atoms in total. The molecule has 0 aliphatic rings. The molecule has 1 aromatic carbocycles. The molecule has 0 fully saturated rings. The molecule has 0 saturated carbocycles. The smallest absolute Gasteiger partial charge is 0.0499 e. The van der Waals surface area contributed by atoms with E-state index in [0.717, 1.165) is 0 Å². The number of aliphatic hydroxyl groups is 1. The first-order chi connectivity index (χ1) is 6.07. The highest BCUT2D eigenvalue weighted by atomic mass is 16.3. The van der Waals surface area contributed by atoms with E-state index in [1.165, 1.54) is 22.3 Å². The summed E-state index contributed by atoms with van der Waals surface area (Å²) in [5.41, 5.74) is 4.94. The molecular formula is C12H17O. The molecule has 1 rings (SSSR count). The average molecular weight is 177 g/mol. The highest BCUT2D eigenvalue weighted by Gasteiger charge is 2.11. The second-order valence-corrected chi connectivity index (χ2v) is 3.62. The van der Waals surface area contributed by atoms with Crippen LogP contribution in [0, 0.1) is 27.7 Å². The quantitative estimate of drug-likeness (QED) is 0.736. The van der Waals surface area contributed by atoms with Crippen LogP contribution in [0.25, 0.3) is 0 Å². The summed E-state index contributed by atoms with van der Waals surface area (Å²) in [5, 5.41) is 9.07. The van der Waals surface area contributed by atoms with Crippen LogP contribution in [0.1, 0.15) is 28.2 Å². The molecule has 0 heterocycles. The zero-order chi connectivity index (χ0) is 10.0. The van der Waals surface area contributed by atoms with E-state index in [4.69, 9.17) is 5.11 Å². The van der Waals surface area contributed by atoms with Gasteiger partial charge in [-0.15, -0.1) is 0 Å². The summed E-state index contributed by atoms with van der Waals surface area (Å²) in [7, 11) is 0. The molecule has 1 radical (unpaired) electrons. The fourth-order valence-corrected chi connectivity index (χ4v) is 1.69. The summed E-state index contributed by atoms with van der Waals surface area (Å²) >= 11 is 0. The third kappa shape index (κ3) is 1.92. The molecule has 71 valence electrons. The van der Waals surface area contributed by atoms with Gasteiger partial charge in [-0.2, -0.15) is 0 Å². The van der Waals surface area contributed by atoms with Gasteiger partial charge in [0.1, 0.15) is 0 Å². The lowest BCUT2D eigenvalue weighted by Gasteiger charge is -2.16. The second-order valence-electron chi connectivity index (χ2n) is 3.62. The van der Waals surface area contributed by atoms with Crippen LogP contribution in [0.2, 0.25) is 0 Å². The van der Waals surface area contributed by atoms with E-state index in [1.54, 1.807) is 0 Å². The monoisotopic (exact) mass is 177 g/mol. The lowest BCUT2D eigenvalue weighted by molar-refractivity contribution is 0.282. The SMILES string of the molecule is [CH2]C(CO)c1c(C)ccc(C)c1C. The minimum atomic E-state index is -0.0000926. The fraction of sp³-hybridized carbons (Fsp3) is 0.417. The Kier molecular flexibility index (Phi) is 3.10. The molecule has 0 aliphatic carbocycles. The zero-order valence-electron chi connectivity index (χ0n) is 8.59. The van der Waals surface area contributed by atoms with Gasteiger partial charge in [-0.1, -0.05) is 12.1 Å². The molecule has 0 saturated heterocycles. The van der Waals surface area contributed by atoms with Crippen molar-refractivity contribution in [3.63, 3.8) is 0 Å². The van der Waals surface area contributed by atoms with E-state index >= 15 is 0 Å². The molecule has 1 aromatic rings. The van der Waals surface area contributed by atoms with Gasteiger partial charge in [0.15, 0.2) is 0 Å². The van der Waals surface area contributed by atoms with Crippen LogP contribution >= 0.6 is 0 Å². The first kappa shape index (κ1) is 10.3. The summed E-state index contributed by atoms with van der Waals surface area (Å²) < 4.78 is 0. The van der Waals surface area contributed by atoms with Crippen molar-refractivity contribution >= 4 is 0 Å². The summed E-state index contributed by atoms with van der Waals surface area (Å²) in [6, 6.07) is 4.20. The summed E-state index contributed by atoms with van der Waals surface area (Å²) in [6.45, 7) is 10.3. The molecule has 1 heteroatoms. The van der Waals surface area contributed by atoms with E-state index in [1.807, 2.05) is 0 Å². The fourth-order valence-electron chi connectivity index (χ4n) is 1.69. The minimum absolute atomic E-state index is 0.0000926. The van der Waals surface area contributed by atoms with E-state index in [2.05, 4.69) is 39.8 Å². The van der Waals surface area contributed by atoms with Crippen molar-refractivity contribution in [1.29, 1.82) is 0 Å². The number of hydrogen-bond donors (Lipinski definition) is 1. The maximum atomic E-state index is 9.07. The lowest BCUT2D eigenvalue weighted by atomic mass is 9.90. The molecule has 0 aliphatic heterocycles. The maximum absolute atomic E-state index is 9.07. The van der Waals surface area contributed by atoms with Gasteiger partial charge < -0.3 is 5.11 Å². The molecule has 1 unspecified atom stereocenters. The van der Waals surface area contributed by atoms with Crippen molar-refractivity contribution in [1.82, 2.24) is 0 Å². The van der Waals surface area contributed by atoms with Crippen molar-refractivity contribution in [3.8, 4) is 0 Å². The van der Waals surface area contributed by atoms with Gasteiger partial charge in [-0.05, 0) is 49.9 Å². The molecule has 0 bridgehead atoms. The molecule has 0 spiro atoms. The molecule has 0 aromatic heterocycles. The Morgan fingerprint density at radius 1 is 1.23 bits per heavy atom. The van der Waals surface area contributed by atoms with Gasteiger partial charge in [-0.25, -0.2) is 0 Å². The maximum Gasteiger partial charge on any atom is 0.0499 e. The third-order valence-corrected chi connectivity index (χ3v) is 2.63. The summed E-state index contributed by atoms with van der Waals surface area (Å²) in [6.07, 6.45) is 0. The van der Waals surface area contributed by atoms with Gasteiger partial charge >= 0.3 is 0 Å². The van der Waals surface area contributed by atoms with E-state index in [0.29, 0.717) is 0 Å². The van der Waals surface area contributed by atoms with Crippen LogP contribution in [0.4, 0.5) is 0 Å². The van der Waals surface area contributed by atoms with Crippen LogP contribution in [-0.4, -0.2) is 11.7 Å². The highest BCUT2D eigenvalue weighted by molar-refractivity contribution is 5.41. The molecular weight excluding hydrogens is 160 g/mol. The third-order valence-electron chi connectivity index (χ3n) is 2.63. The van der Waals surface area contributed by atoms with E-state index in [9.17, 15) is 0 Å². The standard InChI is InChI=1S/C12H17O/c1-8-5-6-9(2)12(11(8)4)10(3)7-13/h5-6,10,13H,3,7H2,1-2,4H3. The Bertz CT molecular complexity index is 302. The molecule has 13 heavy (non-hydrogen) atoms. The first-order valence-corrected chi connectivity index (χ1v) is 4.58. The van der Waals surface area contributed by atoms with Crippen LogP contribution in [0.5, 0.6) is 0 Å².